The fourth-order valence-electron chi connectivity index (χ4n) is 3.86. The van der Waals surface area contributed by atoms with E-state index in [0.29, 0.717) is 15.5 Å². The van der Waals surface area contributed by atoms with E-state index in [1.54, 1.807) is 0 Å². The molecule has 2 heterocycles. The van der Waals surface area contributed by atoms with E-state index in [-0.39, 0.29) is 21.6 Å². The van der Waals surface area contributed by atoms with Crippen molar-refractivity contribution < 1.29 is 23.9 Å². The predicted molar refractivity (Wildman–Crippen MR) is 143 cm³/mol. The molecule has 182 valence electrons. The Morgan fingerprint density at radius 3 is 2.00 bits per heavy atom. The molecule has 6 nitrogen and oxygen atoms in total. The smallest absolute Gasteiger partial charge is 0.346 e. The Balaban J connectivity index is 2.30. The number of anilines is 1. The van der Waals surface area contributed by atoms with Crippen LogP contribution in [0.4, 0.5) is 5.69 Å². The molecule has 1 atom stereocenters. The molecule has 0 N–H and O–H groups in total. The van der Waals surface area contributed by atoms with Crippen LogP contribution in [0.25, 0.3) is 5.57 Å². The summed E-state index contributed by atoms with van der Waals surface area (Å²) in [4.78, 5) is 41.2. The van der Waals surface area contributed by atoms with E-state index in [1.165, 1.54) is 14.2 Å². The van der Waals surface area contributed by atoms with Crippen LogP contribution in [0, 0.1) is 19.8 Å². The number of benzene rings is 1. The van der Waals surface area contributed by atoms with Gasteiger partial charge < -0.3 is 14.4 Å². The molecule has 0 spiro atoms. The zero-order valence-electron chi connectivity index (χ0n) is 20.7. The summed E-state index contributed by atoms with van der Waals surface area (Å²) in [5.74, 6) is -1.37. The van der Waals surface area contributed by atoms with Gasteiger partial charge in [0.1, 0.15) is 9.81 Å². The van der Waals surface area contributed by atoms with Gasteiger partial charge in [-0.3, -0.25) is 4.79 Å². The molecule has 9 heteroatoms. The van der Waals surface area contributed by atoms with Crippen molar-refractivity contribution in [1.82, 2.24) is 0 Å². The van der Waals surface area contributed by atoms with Gasteiger partial charge in [0.25, 0.3) is 0 Å². The summed E-state index contributed by atoms with van der Waals surface area (Å²) in [7, 11) is 2.55. The highest BCUT2D eigenvalue weighted by molar-refractivity contribution is 8.29. The Kier molecular flexibility index (Phi) is 7.70. The Bertz CT molecular complexity index is 1140. The second-order valence-electron chi connectivity index (χ2n) is 8.83. The number of thiocarbonyl (C=S) groups is 1. The summed E-state index contributed by atoms with van der Waals surface area (Å²) < 4.78 is 10.5. The second-order valence-corrected chi connectivity index (χ2v) is 11.5. The molecule has 0 aromatic heterocycles. The highest BCUT2D eigenvalue weighted by Gasteiger charge is 2.46. The van der Waals surface area contributed by atoms with E-state index in [2.05, 4.69) is 0 Å². The molecule has 3 rings (SSSR count). The highest BCUT2D eigenvalue weighted by atomic mass is 32.2. The molecule has 0 unspecified atom stereocenters. The van der Waals surface area contributed by atoms with Crippen molar-refractivity contribution in [3.63, 3.8) is 0 Å². The summed E-state index contributed by atoms with van der Waals surface area (Å²) in [6, 6.07) is 4.05. The van der Waals surface area contributed by atoms with Crippen molar-refractivity contribution in [2.24, 2.45) is 5.92 Å². The van der Waals surface area contributed by atoms with Crippen LogP contribution in [-0.4, -0.2) is 42.5 Å². The fourth-order valence-corrected chi connectivity index (χ4v) is 6.90. The quantitative estimate of drug-likeness (QED) is 0.291. The normalized spacial score (nSPS) is 18.1. The van der Waals surface area contributed by atoms with Crippen molar-refractivity contribution >= 4 is 69.7 Å². The zero-order valence-corrected chi connectivity index (χ0v) is 23.1. The van der Waals surface area contributed by atoms with Gasteiger partial charge in [-0.1, -0.05) is 49.6 Å². The van der Waals surface area contributed by atoms with Crippen molar-refractivity contribution in [3.8, 4) is 0 Å². The molecule has 0 bridgehead atoms. The predicted octanol–water partition coefficient (Wildman–Crippen LogP) is 5.55. The number of hydrogen-bond donors (Lipinski definition) is 0. The number of thioether (sulfide) groups is 2. The van der Waals surface area contributed by atoms with E-state index in [4.69, 9.17) is 21.7 Å². The van der Waals surface area contributed by atoms with Crippen molar-refractivity contribution in [2.45, 2.75) is 53.5 Å². The minimum atomic E-state index is -0.798. The number of hydrogen-bond acceptors (Lipinski definition) is 8. The van der Waals surface area contributed by atoms with Gasteiger partial charge in [0.05, 0.1) is 34.5 Å². The summed E-state index contributed by atoms with van der Waals surface area (Å²) in [5, 5.41) is 0. The van der Waals surface area contributed by atoms with Crippen LogP contribution in [0.2, 0.25) is 0 Å². The average molecular weight is 520 g/mol. The molecule has 1 amide bonds. The SMILES string of the molecule is CC[C@H](C)C(=O)N1c2cc(C)c(C)cc2C(=C2SC(C(=O)OC)=C(C(=O)OC)S2)C(=S)C1(C)C. The van der Waals surface area contributed by atoms with E-state index in [0.717, 1.165) is 51.5 Å². The molecule has 2 aliphatic heterocycles. The number of carbonyl (C=O) groups excluding carboxylic acids is 3. The molecule has 0 fully saturated rings. The fraction of sp³-hybridized carbons (Fsp3) is 0.440. The zero-order chi connectivity index (χ0) is 25.5. The van der Waals surface area contributed by atoms with Crippen LogP contribution >= 0.6 is 35.7 Å². The molecule has 0 aliphatic carbocycles. The monoisotopic (exact) mass is 519 g/mol. The maximum absolute atomic E-state index is 13.5. The Morgan fingerprint density at radius 2 is 1.53 bits per heavy atom. The molecule has 0 saturated carbocycles. The van der Waals surface area contributed by atoms with Gasteiger partial charge >= 0.3 is 11.9 Å². The third kappa shape index (κ3) is 4.33. The minimum Gasteiger partial charge on any atom is -0.465 e. The number of aryl methyl sites for hydroxylation is 2. The van der Waals surface area contributed by atoms with E-state index < -0.39 is 17.5 Å². The number of methoxy groups -OCH3 is 2. The van der Waals surface area contributed by atoms with Crippen molar-refractivity contribution in [1.29, 1.82) is 0 Å². The van der Waals surface area contributed by atoms with Crippen molar-refractivity contribution in [3.05, 3.63) is 42.9 Å². The van der Waals surface area contributed by atoms with Crippen LogP contribution in [0.1, 0.15) is 50.8 Å². The molecular weight excluding hydrogens is 490 g/mol. The number of esters is 2. The lowest BCUT2D eigenvalue weighted by Gasteiger charge is -2.46. The maximum atomic E-state index is 13.5. The largest absolute Gasteiger partial charge is 0.465 e. The van der Waals surface area contributed by atoms with Gasteiger partial charge in [-0.2, -0.15) is 0 Å². The number of amides is 1. The maximum Gasteiger partial charge on any atom is 0.346 e. The lowest BCUT2D eigenvalue weighted by atomic mass is 9.81. The molecule has 1 aromatic carbocycles. The first-order valence-electron chi connectivity index (χ1n) is 10.9. The minimum absolute atomic E-state index is 0.0127. The first-order valence-corrected chi connectivity index (χ1v) is 13.0. The standard InChI is InChI=1S/C25H29NO5S3/c1-9-12(2)21(27)26-16-11-14(4)13(3)10-15(16)17(20(32)25(26,5)6)24-33-18(22(28)30-7)19(34-24)23(29)31-8/h10-12H,9H2,1-8H3/t12-/m0/s1. The number of rotatable bonds is 4. The van der Waals surface area contributed by atoms with Crippen molar-refractivity contribution in [2.75, 3.05) is 19.1 Å². The van der Waals surface area contributed by atoms with Gasteiger partial charge in [-0.15, -0.1) is 0 Å². The van der Waals surface area contributed by atoms with E-state index >= 15 is 0 Å². The third-order valence-corrected chi connectivity index (χ3v) is 9.52. The lowest BCUT2D eigenvalue weighted by molar-refractivity contribution is -0.138. The van der Waals surface area contributed by atoms with E-state index in [1.807, 2.05) is 58.6 Å². The average Bonchev–Trinajstić information content (AvgIpc) is 3.24. The van der Waals surface area contributed by atoms with Gasteiger partial charge in [-0.25, -0.2) is 9.59 Å². The molecule has 0 saturated heterocycles. The molecule has 2 aliphatic rings. The van der Waals surface area contributed by atoms with E-state index in [9.17, 15) is 14.4 Å². The molecule has 34 heavy (non-hydrogen) atoms. The Hall–Kier alpha value is -2.10. The number of carbonyl (C=O) groups is 3. The lowest BCUT2D eigenvalue weighted by Crippen LogP contribution is -2.57. The van der Waals surface area contributed by atoms with Crippen LogP contribution in [0.3, 0.4) is 0 Å². The topological polar surface area (TPSA) is 72.9 Å². The number of ether oxygens (including phenoxy) is 2. The summed E-state index contributed by atoms with van der Waals surface area (Å²) in [6.45, 7) is 11.8. The summed E-state index contributed by atoms with van der Waals surface area (Å²) in [5.41, 5.74) is 3.66. The van der Waals surface area contributed by atoms with Crippen LogP contribution in [-0.2, 0) is 23.9 Å². The molecule has 1 aromatic rings. The van der Waals surface area contributed by atoms with Gasteiger partial charge in [0, 0.05) is 17.1 Å². The highest BCUT2D eigenvalue weighted by Crippen LogP contribution is 2.56. The third-order valence-electron chi connectivity index (χ3n) is 6.26. The first-order chi connectivity index (χ1) is 15.9. The van der Waals surface area contributed by atoms with Crippen LogP contribution in [0.15, 0.2) is 26.2 Å². The molecule has 0 radical (unpaired) electrons. The van der Waals surface area contributed by atoms with Gasteiger partial charge in [-0.05, 0) is 57.4 Å². The first kappa shape index (κ1) is 26.5. The summed E-state index contributed by atoms with van der Waals surface area (Å²) >= 11 is 8.32. The summed E-state index contributed by atoms with van der Waals surface area (Å²) in [6.07, 6.45) is 0.715. The second kappa shape index (κ2) is 9.87. The number of nitrogens with zero attached hydrogens (tertiary/aromatic N) is 1. The van der Waals surface area contributed by atoms with Crippen LogP contribution in [0.5, 0.6) is 0 Å². The Labute approximate surface area is 214 Å². The Morgan fingerprint density at radius 1 is 1.03 bits per heavy atom. The van der Waals surface area contributed by atoms with Gasteiger partial charge in [0.2, 0.25) is 5.91 Å². The molecular formula is C25H29NO5S3. The van der Waals surface area contributed by atoms with Gasteiger partial charge in [0.15, 0.2) is 0 Å². The number of fused-ring (bicyclic) bond motifs is 1. The van der Waals surface area contributed by atoms with Crippen LogP contribution < -0.4 is 4.90 Å².